The van der Waals surface area contributed by atoms with Crippen molar-refractivity contribution in [1.82, 2.24) is 0 Å². The minimum atomic E-state index is -0.779. The molecule has 0 amide bonds. The third-order valence-corrected chi connectivity index (χ3v) is 7.14. The molecule has 4 atom stereocenters. The zero-order valence-electron chi connectivity index (χ0n) is 20.5. The molecule has 32 heavy (non-hydrogen) atoms. The van der Waals surface area contributed by atoms with Crippen molar-refractivity contribution in [3.05, 3.63) is 46.3 Å². The number of aliphatic hydroxyl groups excluding tert-OH is 2. The number of hydrogen-bond acceptors (Lipinski definition) is 5. The predicted molar refractivity (Wildman–Crippen MR) is 127 cm³/mol. The molecule has 0 saturated carbocycles. The van der Waals surface area contributed by atoms with E-state index in [-0.39, 0.29) is 36.0 Å². The lowest BCUT2D eigenvalue weighted by atomic mass is 9.70. The number of esters is 1. The van der Waals surface area contributed by atoms with Crippen LogP contribution < -0.4 is 0 Å². The van der Waals surface area contributed by atoms with Gasteiger partial charge in [0.05, 0.1) is 12.7 Å². The third-order valence-electron chi connectivity index (χ3n) is 7.14. The summed E-state index contributed by atoms with van der Waals surface area (Å²) in [4.78, 5) is 24.6. The number of carbonyl (C=O) groups is 2. The summed E-state index contributed by atoms with van der Waals surface area (Å²) in [6, 6.07) is 0. The van der Waals surface area contributed by atoms with E-state index in [2.05, 4.69) is 26.0 Å². The average Bonchev–Trinajstić information content (AvgIpc) is 2.92. The molecule has 0 spiro atoms. The van der Waals surface area contributed by atoms with E-state index in [9.17, 15) is 19.8 Å². The minimum Gasteiger partial charge on any atom is -0.504 e. The number of ketones is 1. The molecule has 2 N–H and O–H groups in total. The summed E-state index contributed by atoms with van der Waals surface area (Å²) in [6.07, 6.45) is 10.3. The lowest BCUT2D eigenvalue weighted by Crippen LogP contribution is -2.32. The van der Waals surface area contributed by atoms with E-state index in [1.54, 1.807) is 0 Å². The van der Waals surface area contributed by atoms with E-state index in [1.165, 1.54) is 18.1 Å². The first kappa shape index (κ1) is 26.1. The fourth-order valence-electron chi connectivity index (χ4n) is 4.77. The number of fused-ring (bicyclic) bond motifs is 1. The van der Waals surface area contributed by atoms with Crippen LogP contribution in [0, 0.1) is 17.3 Å². The number of rotatable bonds is 3. The van der Waals surface area contributed by atoms with Gasteiger partial charge in [0.1, 0.15) is 0 Å². The van der Waals surface area contributed by atoms with E-state index in [0.717, 1.165) is 24.8 Å². The third kappa shape index (κ3) is 6.22. The highest BCUT2D eigenvalue weighted by Crippen LogP contribution is 2.50. The van der Waals surface area contributed by atoms with Crippen LogP contribution in [-0.4, -0.2) is 34.7 Å². The second kappa shape index (κ2) is 11.1. The normalized spacial score (nSPS) is 34.1. The van der Waals surface area contributed by atoms with Crippen LogP contribution in [0.15, 0.2) is 46.3 Å². The highest BCUT2D eigenvalue weighted by Gasteiger charge is 2.51. The van der Waals surface area contributed by atoms with Gasteiger partial charge < -0.3 is 14.9 Å². The molecule has 0 aromatic rings. The molecular formula is C27H40O5. The molecule has 2 aliphatic rings. The first-order valence-electron chi connectivity index (χ1n) is 11.7. The van der Waals surface area contributed by atoms with E-state index in [4.69, 9.17) is 4.74 Å². The van der Waals surface area contributed by atoms with Gasteiger partial charge in [-0.3, -0.25) is 9.59 Å². The highest BCUT2D eigenvalue weighted by molar-refractivity contribution is 6.02. The lowest BCUT2D eigenvalue weighted by Gasteiger charge is -2.32. The average molecular weight is 445 g/mol. The zero-order chi connectivity index (χ0) is 24.1. The molecule has 0 aliphatic heterocycles. The standard InChI is InChI=1S/C27H40O5/c1-17-8-7-9-18(2)14-15-27(6)22(12-11-19(3)23(29)13-10-17)24(25(30)26(27)31)20(4)16-32-21(5)28/h8,11,14,20,22-23,29-30H,7,9-10,12-13,15-16H2,1-6H3/b17-8-,18-14+,19-11+/t20-,22-,23-,27+/m0/s1. The summed E-state index contributed by atoms with van der Waals surface area (Å²) in [5.41, 5.74) is 3.27. The Bertz CT molecular complexity index is 844. The Labute approximate surface area is 192 Å². The molecule has 178 valence electrons. The molecule has 0 radical (unpaired) electrons. The van der Waals surface area contributed by atoms with Gasteiger partial charge in [-0.05, 0) is 70.4 Å². The Balaban J connectivity index is 2.45. The summed E-state index contributed by atoms with van der Waals surface area (Å²) < 4.78 is 5.19. The van der Waals surface area contributed by atoms with Crippen LogP contribution in [0.25, 0.3) is 0 Å². The molecule has 2 aliphatic carbocycles. The summed E-state index contributed by atoms with van der Waals surface area (Å²) in [5, 5.41) is 21.5. The zero-order valence-corrected chi connectivity index (χ0v) is 20.5. The molecular weight excluding hydrogens is 404 g/mol. The summed E-state index contributed by atoms with van der Waals surface area (Å²) in [5.74, 6) is -1.31. The molecule has 0 aromatic carbocycles. The number of Topliss-reactive ketones (excluding diaryl/α,β-unsaturated/α-hetero) is 1. The maximum atomic E-state index is 13.3. The smallest absolute Gasteiger partial charge is 0.302 e. The second-order valence-corrected chi connectivity index (χ2v) is 9.89. The van der Waals surface area contributed by atoms with Gasteiger partial charge in [0.25, 0.3) is 0 Å². The molecule has 5 nitrogen and oxygen atoms in total. The highest BCUT2D eigenvalue weighted by atomic mass is 16.5. The van der Waals surface area contributed by atoms with Crippen molar-refractivity contribution < 1.29 is 24.5 Å². The van der Waals surface area contributed by atoms with Crippen LogP contribution in [0.5, 0.6) is 0 Å². The topological polar surface area (TPSA) is 83.8 Å². The lowest BCUT2D eigenvalue weighted by molar-refractivity contribution is -0.141. The fourth-order valence-corrected chi connectivity index (χ4v) is 4.77. The van der Waals surface area contributed by atoms with Crippen LogP contribution in [0.3, 0.4) is 0 Å². The molecule has 0 saturated heterocycles. The van der Waals surface area contributed by atoms with Crippen molar-refractivity contribution in [1.29, 1.82) is 0 Å². The first-order chi connectivity index (χ1) is 15.0. The minimum absolute atomic E-state index is 0.125. The van der Waals surface area contributed by atoms with E-state index in [0.29, 0.717) is 24.8 Å². The maximum Gasteiger partial charge on any atom is 0.302 e. The fraction of sp³-hybridized carbons (Fsp3) is 0.630. The number of ether oxygens (including phenoxy) is 1. The van der Waals surface area contributed by atoms with Gasteiger partial charge in [0.15, 0.2) is 5.76 Å². The Morgan fingerprint density at radius 2 is 1.84 bits per heavy atom. The maximum absolute atomic E-state index is 13.3. The van der Waals surface area contributed by atoms with Crippen molar-refractivity contribution >= 4 is 11.8 Å². The predicted octanol–water partition coefficient (Wildman–Crippen LogP) is 5.76. The van der Waals surface area contributed by atoms with Crippen LogP contribution in [0.1, 0.15) is 80.1 Å². The number of hydrogen-bond donors (Lipinski definition) is 2. The van der Waals surface area contributed by atoms with Gasteiger partial charge in [-0.15, -0.1) is 0 Å². The molecule has 0 heterocycles. The summed E-state index contributed by atoms with van der Waals surface area (Å²) in [7, 11) is 0. The number of aliphatic hydroxyl groups is 2. The van der Waals surface area contributed by atoms with Crippen molar-refractivity contribution in [3.63, 3.8) is 0 Å². The quantitative estimate of drug-likeness (QED) is 0.427. The van der Waals surface area contributed by atoms with Crippen LogP contribution in [-0.2, 0) is 14.3 Å². The SMILES string of the molecule is CC(=O)OC[C@H](C)C1=C(O)C(=O)[C@]2(C)C/C=C(\C)CC/C=C(/C)CC[C@H](O)/C(C)=C/C[C@@H]12. The van der Waals surface area contributed by atoms with Crippen molar-refractivity contribution in [2.24, 2.45) is 17.3 Å². The van der Waals surface area contributed by atoms with Crippen LogP contribution in [0.4, 0.5) is 0 Å². The van der Waals surface area contributed by atoms with E-state index in [1.807, 2.05) is 26.8 Å². The van der Waals surface area contributed by atoms with Gasteiger partial charge in [-0.1, -0.05) is 43.2 Å². The molecule has 5 heteroatoms. The summed E-state index contributed by atoms with van der Waals surface area (Å²) >= 11 is 0. The molecule has 0 unspecified atom stereocenters. The Kier molecular flexibility index (Phi) is 9.08. The van der Waals surface area contributed by atoms with Gasteiger partial charge in [0.2, 0.25) is 5.78 Å². The number of carbonyl (C=O) groups excluding carboxylic acids is 2. The second-order valence-electron chi connectivity index (χ2n) is 9.89. The largest absolute Gasteiger partial charge is 0.504 e. The van der Waals surface area contributed by atoms with Gasteiger partial charge in [-0.25, -0.2) is 0 Å². The Hall–Kier alpha value is -2.14. The van der Waals surface area contributed by atoms with Gasteiger partial charge >= 0.3 is 5.97 Å². The van der Waals surface area contributed by atoms with E-state index < -0.39 is 11.5 Å². The molecule has 0 aromatic heterocycles. The van der Waals surface area contributed by atoms with Crippen molar-refractivity contribution in [2.45, 2.75) is 86.2 Å². The number of allylic oxidation sites excluding steroid dienone is 6. The molecule has 0 bridgehead atoms. The molecule has 0 fully saturated rings. The van der Waals surface area contributed by atoms with Crippen molar-refractivity contribution in [3.8, 4) is 0 Å². The van der Waals surface area contributed by atoms with Crippen LogP contribution in [0.2, 0.25) is 0 Å². The first-order valence-corrected chi connectivity index (χ1v) is 11.7. The van der Waals surface area contributed by atoms with Crippen LogP contribution >= 0.6 is 0 Å². The molecule has 2 rings (SSSR count). The van der Waals surface area contributed by atoms with Crippen molar-refractivity contribution in [2.75, 3.05) is 6.61 Å². The van der Waals surface area contributed by atoms with E-state index >= 15 is 0 Å². The summed E-state index contributed by atoms with van der Waals surface area (Å²) in [6.45, 7) is 11.4. The monoisotopic (exact) mass is 444 g/mol. The van der Waals surface area contributed by atoms with Gasteiger partial charge in [-0.2, -0.15) is 0 Å². The van der Waals surface area contributed by atoms with Gasteiger partial charge in [0, 0.05) is 24.2 Å². The Morgan fingerprint density at radius 1 is 1.19 bits per heavy atom. The Morgan fingerprint density at radius 3 is 2.50 bits per heavy atom.